The normalized spacial score (nSPS) is 10.8. The lowest BCUT2D eigenvalue weighted by Gasteiger charge is -2.04. The standard InChI is InChI=1S/C22H16N8O2/c31-19(29-21-24-10-11-25-21)14-5-1-7-16-18(14)28-22(27-16)30-20(32)17-8-2-6-15(26-17)13-4-3-9-23-12-13/h1-12H,(H2,24,25,29,31)(H2,27,28,30,32). The second kappa shape index (κ2) is 8.11. The molecule has 10 heteroatoms. The average molecular weight is 424 g/mol. The molecule has 10 nitrogen and oxygen atoms in total. The zero-order chi connectivity index (χ0) is 21.9. The molecule has 5 rings (SSSR count). The van der Waals surface area contributed by atoms with Crippen LogP contribution in [-0.4, -0.2) is 41.7 Å². The molecule has 0 saturated heterocycles. The Labute approximate surface area is 181 Å². The van der Waals surface area contributed by atoms with Crippen LogP contribution >= 0.6 is 0 Å². The summed E-state index contributed by atoms with van der Waals surface area (Å²) in [5.41, 5.74) is 3.02. The highest BCUT2D eigenvalue weighted by molar-refractivity contribution is 6.11. The molecule has 4 N–H and O–H groups in total. The third kappa shape index (κ3) is 3.79. The molecule has 4 heterocycles. The lowest BCUT2D eigenvalue weighted by Crippen LogP contribution is -2.15. The molecular weight excluding hydrogens is 408 g/mol. The van der Waals surface area contributed by atoms with Gasteiger partial charge >= 0.3 is 0 Å². The Balaban J connectivity index is 1.39. The summed E-state index contributed by atoms with van der Waals surface area (Å²) in [5.74, 6) is -0.274. The van der Waals surface area contributed by atoms with E-state index in [0.29, 0.717) is 28.2 Å². The Hall–Kier alpha value is -4.86. The molecule has 0 aliphatic carbocycles. The molecule has 2 amide bonds. The van der Waals surface area contributed by atoms with E-state index in [1.165, 1.54) is 6.20 Å². The largest absolute Gasteiger partial charge is 0.331 e. The summed E-state index contributed by atoms with van der Waals surface area (Å²) in [4.78, 5) is 48.1. The van der Waals surface area contributed by atoms with Gasteiger partial charge in [-0.25, -0.2) is 15.0 Å². The van der Waals surface area contributed by atoms with Crippen molar-refractivity contribution in [2.24, 2.45) is 0 Å². The van der Waals surface area contributed by atoms with Crippen LogP contribution < -0.4 is 10.6 Å². The van der Waals surface area contributed by atoms with Crippen molar-refractivity contribution in [3.63, 3.8) is 0 Å². The monoisotopic (exact) mass is 424 g/mol. The van der Waals surface area contributed by atoms with E-state index >= 15 is 0 Å². The Morgan fingerprint density at radius 2 is 1.72 bits per heavy atom. The number of aromatic amines is 2. The van der Waals surface area contributed by atoms with E-state index in [9.17, 15) is 9.59 Å². The van der Waals surface area contributed by atoms with E-state index < -0.39 is 5.91 Å². The zero-order valence-corrected chi connectivity index (χ0v) is 16.5. The van der Waals surface area contributed by atoms with E-state index in [1.807, 2.05) is 6.07 Å². The molecule has 1 aromatic carbocycles. The van der Waals surface area contributed by atoms with Gasteiger partial charge in [0.2, 0.25) is 11.9 Å². The SMILES string of the molecule is O=C(Nc1nc2c(C(=O)Nc3ncc[nH]3)cccc2[nH]1)c1cccc(-c2cccnc2)n1. The van der Waals surface area contributed by atoms with Crippen LogP contribution in [0.15, 0.2) is 73.3 Å². The number of nitrogens with zero attached hydrogens (tertiary/aromatic N) is 4. The van der Waals surface area contributed by atoms with E-state index in [-0.39, 0.29) is 17.5 Å². The maximum atomic E-state index is 12.8. The van der Waals surface area contributed by atoms with Crippen LogP contribution in [0.25, 0.3) is 22.3 Å². The molecule has 0 atom stereocenters. The van der Waals surface area contributed by atoms with Gasteiger partial charge in [-0.2, -0.15) is 0 Å². The number of hydrogen-bond donors (Lipinski definition) is 4. The fourth-order valence-electron chi connectivity index (χ4n) is 3.19. The van der Waals surface area contributed by atoms with Gasteiger partial charge in [0, 0.05) is 30.4 Å². The minimum absolute atomic E-state index is 0.205. The molecule has 0 saturated carbocycles. The van der Waals surface area contributed by atoms with Crippen LogP contribution in [0, 0.1) is 0 Å². The number of aromatic nitrogens is 6. The number of H-pyrrole nitrogens is 2. The molecule has 32 heavy (non-hydrogen) atoms. The highest BCUT2D eigenvalue weighted by Gasteiger charge is 2.17. The number of anilines is 2. The van der Waals surface area contributed by atoms with Crippen molar-refractivity contribution in [1.82, 2.24) is 29.9 Å². The van der Waals surface area contributed by atoms with Crippen LogP contribution in [0.1, 0.15) is 20.8 Å². The van der Waals surface area contributed by atoms with Crippen LogP contribution in [0.3, 0.4) is 0 Å². The summed E-state index contributed by atoms with van der Waals surface area (Å²) in [5, 5.41) is 5.37. The Morgan fingerprint density at radius 3 is 2.53 bits per heavy atom. The van der Waals surface area contributed by atoms with Gasteiger partial charge < -0.3 is 9.97 Å². The maximum absolute atomic E-state index is 12.8. The number of benzene rings is 1. The van der Waals surface area contributed by atoms with Gasteiger partial charge in [-0.15, -0.1) is 0 Å². The highest BCUT2D eigenvalue weighted by Crippen LogP contribution is 2.20. The molecule has 0 aliphatic heterocycles. The minimum Gasteiger partial charge on any atom is -0.331 e. The van der Waals surface area contributed by atoms with Crippen molar-refractivity contribution in [2.45, 2.75) is 0 Å². The summed E-state index contributed by atoms with van der Waals surface area (Å²) >= 11 is 0. The number of nitrogens with one attached hydrogen (secondary N) is 4. The topological polar surface area (TPSA) is 141 Å². The van der Waals surface area contributed by atoms with E-state index in [0.717, 1.165) is 5.56 Å². The number of rotatable bonds is 5. The molecule has 0 unspecified atom stereocenters. The number of imidazole rings is 2. The first kappa shape index (κ1) is 19.1. The third-order valence-electron chi connectivity index (χ3n) is 4.66. The summed E-state index contributed by atoms with van der Waals surface area (Å²) in [7, 11) is 0. The Morgan fingerprint density at radius 1 is 0.844 bits per heavy atom. The quantitative estimate of drug-likeness (QED) is 0.341. The van der Waals surface area contributed by atoms with Crippen molar-refractivity contribution < 1.29 is 9.59 Å². The number of hydrogen-bond acceptors (Lipinski definition) is 6. The van der Waals surface area contributed by atoms with Gasteiger partial charge in [0.15, 0.2) is 0 Å². The molecule has 0 fully saturated rings. The lowest BCUT2D eigenvalue weighted by molar-refractivity contribution is 0.101. The van der Waals surface area contributed by atoms with Gasteiger partial charge in [0.25, 0.3) is 11.8 Å². The molecule has 0 bridgehead atoms. The maximum Gasteiger partial charge on any atom is 0.276 e. The minimum atomic E-state index is -0.434. The number of pyridine rings is 2. The molecule has 0 spiro atoms. The van der Waals surface area contributed by atoms with Crippen molar-refractivity contribution in [1.29, 1.82) is 0 Å². The number of carbonyl (C=O) groups excluding carboxylic acids is 2. The fraction of sp³-hybridized carbons (Fsp3) is 0. The van der Waals surface area contributed by atoms with E-state index in [1.54, 1.807) is 61.1 Å². The Kier molecular flexibility index (Phi) is 4.85. The first-order valence-corrected chi connectivity index (χ1v) is 9.65. The fourth-order valence-corrected chi connectivity index (χ4v) is 3.19. The first-order chi connectivity index (χ1) is 15.7. The second-order valence-electron chi connectivity index (χ2n) is 6.78. The average Bonchev–Trinajstić information content (AvgIpc) is 3.48. The molecule has 0 aliphatic rings. The predicted molar refractivity (Wildman–Crippen MR) is 118 cm³/mol. The summed E-state index contributed by atoms with van der Waals surface area (Å²) in [6, 6.07) is 14.0. The molecule has 156 valence electrons. The zero-order valence-electron chi connectivity index (χ0n) is 16.5. The van der Waals surface area contributed by atoms with Crippen molar-refractivity contribution in [3.8, 4) is 11.3 Å². The van der Waals surface area contributed by atoms with Gasteiger partial charge in [-0.1, -0.05) is 12.1 Å². The first-order valence-electron chi connectivity index (χ1n) is 9.65. The smallest absolute Gasteiger partial charge is 0.276 e. The van der Waals surface area contributed by atoms with Crippen LogP contribution in [0.4, 0.5) is 11.9 Å². The van der Waals surface area contributed by atoms with E-state index in [4.69, 9.17) is 0 Å². The Bertz CT molecular complexity index is 1410. The van der Waals surface area contributed by atoms with Crippen molar-refractivity contribution >= 4 is 34.7 Å². The van der Waals surface area contributed by atoms with Gasteiger partial charge in [0.1, 0.15) is 11.2 Å². The van der Waals surface area contributed by atoms with Crippen LogP contribution in [-0.2, 0) is 0 Å². The third-order valence-corrected chi connectivity index (χ3v) is 4.66. The summed E-state index contributed by atoms with van der Waals surface area (Å²) in [6.07, 6.45) is 6.49. The second-order valence-corrected chi connectivity index (χ2v) is 6.78. The number of carbonyl (C=O) groups is 2. The highest BCUT2D eigenvalue weighted by atomic mass is 16.2. The number of amides is 2. The molecule has 5 aromatic rings. The summed E-state index contributed by atoms with van der Waals surface area (Å²) in [6.45, 7) is 0. The van der Waals surface area contributed by atoms with Gasteiger partial charge in [0.05, 0.1) is 16.8 Å². The van der Waals surface area contributed by atoms with E-state index in [2.05, 4.69) is 40.5 Å². The van der Waals surface area contributed by atoms with Crippen molar-refractivity contribution in [2.75, 3.05) is 10.6 Å². The lowest BCUT2D eigenvalue weighted by atomic mass is 10.2. The van der Waals surface area contributed by atoms with Crippen LogP contribution in [0.5, 0.6) is 0 Å². The molecule has 0 radical (unpaired) electrons. The predicted octanol–water partition coefficient (Wildman–Crippen LogP) is 3.25. The van der Waals surface area contributed by atoms with Gasteiger partial charge in [-0.05, 0) is 36.4 Å². The number of para-hydroxylation sites is 1. The number of fused-ring (bicyclic) bond motifs is 1. The summed E-state index contributed by atoms with van der Waals surface area (Å²) < 4.78 is 0. The van der Waals surface area contributed by atoms with Gasteiger partial charge in [-0.3, -0.25) is 25.2 Å². The molecular formula is C22H16N8O2. The van der Waals surface area contributed by atoms with Crippen molar-refractivity contribution in [3.05, 3.63) is 84.6 Å². The van der Waals surface area contributed by atoms with Crippen LogP contribution in [0.2, 0.25) is 0 Å². The molecule has 4 aromatic heterocycles.